The highest BCUT2D eigenvalue weighted by atomic mass is 16.5. The van der Waals surface area contributed by atoms with Crippen LogP contribution in [-0.2, 0) is 11.2 Å². The highest BCUT2D eigenvalue weighted by Gasteiger charge is 2.22. The third-order valence-corrected chi connectivity index (χ3v) is 5.88. The van der Waals surface area contributed by atoms with Crippen molar-refractivity contribution in [2.24, 2.45) is 0 Å². The quantitative estimate of drug-likeness (QED) is 0.305. The minimum Gasteiger partial charge on any atom is -0.485 e. The van der Waals surface area contributed by atoms with Gasteiger partial charge in [-0.2, -0.15) is 5.10 Å². The van der Waals surface area contributed by atoms with Crippen molar-refractivity contribution in [2.75, 3.05) is 0 Å². The van der Waals surface area contributed by atoms with E-state index in [1.807, 2.05) is 60.8 Å². The normalized spacial score (nSPS) is 12.9. The fourth-order valence-electron chi connectivity index (χ4n) is 4.23. The lowest BCUT2D eigenvalue weighted by molar-refractivity contribution is -0.137. The molecule has 2 atom stereocenters. The Kier molecular flexibility index (Phi) is 6.07. The topological polar surface area (TPSA) is 101 Å². The van der Waals surface area contributed by atoms with Crippen molar-refractivity contribution in [3.8, 4) is 5.75 Å². The van der Waals surface area contributed by atoms with Gasteiger partial charge in [-0.3, -0.25) is 9.89 Å². The maximum Gasteiger partial charge on any atom is 0.304 e. The van der Waals surface area contributed by atoms with Crippen LogP contribution in [0.15, 0.2) is 95.8 Å². The van der Waals surface area contributed by atoms with Gasteiger partial charge in [0.15, 0.2) is 0 Å². The van der Waals surface area contributed by atoms with E-state index in [-0.39, 0.29) is 12.5 Å². The summed E-state index contributed by atoms with van der Waals surface area (Å²) < 4.78 is 11.4. The SMILES string of the molecule is O=C(O)CC(c1ccc(OC(Cc2ccccc2)c2cccc3[nH]ncc23)cc1)c1ccon1. The molecule has 0 amide bonds. The van der Waals surface area contributed by atoms with Crippen LogP contribution < -0.4 is 4.74 Å². The van der Waals surface area contributed by atoms with Gasteiger partial charge in [0, 0.05) is 29.4 Å². The number of fused-ring (bicyclic) bond motifs is 1. The van der Waals surface area contributed by atoms with E-state index >= 15 is 0 Å². The van der Waals surface area contributed by atoms with Gasteiger partial charge in [0.05, 0.1) is 23.8 Å². The van der Waals surface area contributed by atoms with E-state index in [4.69, 9.17) is 9.26 Å². The number of aromatic amines is 1. The van der Waals surface area contributed by atoms with Crippen LogP contribution >= 0.6 is 0 Å². The van der Waals surface area contributed by atoms with Gasteiger partial charge < -0.3 is 14.4 Å². The molecule has 0 radical (unpaired) electrons. The predicted molar refractivity (Wildman–Crippen MR) is 127 cm³/mol. The second-order valence-electron chi connectivity index (χ2n) is 8.12. The molecule has 0 bridgehead atoms. The van der Waals surface area contributed by atoms with Crippen LogP contribution in [0.2, 0.25) is 0 Å². The minimum absolute atomic E-state index is 0.0775. The molecule has 2 aromatic heterocycles. The Labute approximate surface area is 196 Å². The fourth-order valence-corrected chi connectivity index (χ4v) is 4.23. The molecule has 2 heterocycles. The summed E-state index contributed by atoms with van der Waals surface area (Å²) in [6, 6.07) is 25.5. The molecule has 0 aliphatic rings. The Morgan fingerprint density at radius 3 is 2.56 bits per heavy atom. The zero-order valence-electron chi connectivity index (χ0n) is 18.3. The lowest BCUT2D eigenvalue weighted by atomic mass is 9.92. The van der Waals surface area contributed by atoms with Crippen molar-refractivity contribution in [3.05, 3.63) is 114 Å². The first-order valence-corrected chi connectivity index (χ1v) is 11.0. The molecule has 0 aliphatic heterocycles. The van der Waals surface area contributed by atoms with E-state index < -0.39 is 11.9 Å². The van der Waals surface area contributed by atoms with E-state index in [0.717, 1.165) is 27.6 Å². The van der Waals surface area contributed by atoms with Crippen molar-refractivity contribution < 1.29 is 19.2 Å². The largest absolute Gasteiger partial charge is 0.485 e. The molecule has 170 valence electrons. The van der Waals surface area contributed by atoms with E-state index in [1.165, 1.54) is 6.26 Å². The number of aromatic nitrogens is 3. The van der Waals surface area contributed by atoms with Gasteiger partial charge in [-0.1, -0.05) is 59.8 Å². The van der Waals surface area contributed by atoms with Gasteiger partial charge in [-0.25, -0.2) is 0 Å². The Morgan fingerprint density at radius 1 is 1.00 bits per heavy atom. The van der Waals surface area contributed by atoms with Gasteiger partial charge in [0.25, 0.3) is 0 Å². The van der Waals surface area contributed by atoms with Crippen molar-refractivity contribution in [3.63, 3.8) is 0 Å². The summed E-state index contributed by atoms with van der Waals surface area (Å²) in [4.78, 5) is 11.4. The average Bonchev–Trinajstić information content (AvgIpc) is 3.55. The highest BCUT2D eigenvalue weighted by molar-refractivity contribution is 5.82. The number of carboxylic acid groups (broad SMARTS) is 1. The Morgan fingerprint density at radius 2 is 1.82 bits per heavy atom. The summed E-state index contributed by atoms with van der Waals surface area (Å²) >= 11 is 0. The van der Waals surface area contributed by atoms with E-state index in [9.17, 15) is 9.90 Å². The van der Waals surface area contributed by atoms with E-state index in [0.29, 0.717) is 17.9 Å². The third-order valence-electron chi connectivity index (χ3n) is 5.88. The van der Waals surface area contributed by atoms with Gasteiger partial charge >= 0.3 is 5.97 Å². The monoisotopic (exact) mass is 453 g/mol. The number of benzene rings is 3. The molecule has 5 aromatic rings. The molecule has 0 spiro atoms. The van der Waals surface area contributed by atoms with Crippen molar-refractivity contribution in [1.29, 1.82) is 0 Å². The van der Waals surface area contributed by atoms with Gasteiger partial charge in [-0.05, 0) is 29.3 Å². The Balaban J connectivity index is 1.44. The Bertz CT molecular complexity index is 1360. The lowest BCUT2D eigenvalue weighted by Crippen LogP contribution is -2.12. The molecule has 0 aliphatic carbocycles. The highest BCUT2D eigenvalue weighted by Crippen LogP contribution is 2.32. The van der Waals surface area contributed by atoms with Crippen molar-refractivity contribution in [2.45, 2.75) is 24.9 Å². The second kappa shape index (κ2) is 9.62. The first kappa shape index (κ1) is 21.5. The molecule has 0 saturated heterocycles. The number of rotatable bonds is 9. The first-order valence-electron chi connectivity index (χ1n) is 11.0. The number of ether oxygens (including phenoxy) is 1. The van der Waals surface area contributed by atoms with Crippen LogP contribution in [0.25, 0.3) is 10.9 Å². The zero-order chi connectivity index (χ0) is 23.3. The van der Waals surface area contributed by atoms with Crippen LogP contribution in [0.4, 0.5) is 0 Å². The van der Waals surface area contributed by atoms with Crippen LogP contribution in [-0.4, -0.2) is 26.4 Å². The molecular weight excluding hydrogens is 430 g/mol. The summed E-state index contributed by atoms with van der Waals surface area (Å²) in [6.07, 6.45) is 3.65. The standard InChI is InChI=1S/C27H23N3O4/c31-27(32)16-22(25-13-14-33-30-25)19-9-11-20(12-10-19)34-26(15-18-5-2-1-3-6-18)21-7-4-8-24-23(21)17-28-29-24/h1-14,17,22,26H,15-16H2,(H,28,29)(H,31,32). The number of H-pyrrole nitrogens is 1. The van der Waals surface area contributed by atoms with Gasteiger partial charge in [0.1, 0.15) is 18.1 Å². The Hall–Kier alpha value is -4.39. The van der Waals surface area contributed by atoms with Crippen molar-refractivity contribution in [1.82, 2.24) is 15.4 Å². The molecule has 3 aromatic carbocycles. The fraction of sp³-hybridized carbons (Fsp3) is 0.148. The minimum atomic E-state index is -0.899. The molecule has 2 N–H and O–H groups in total. The number of hydrogen-bond donors (Lipinski definition) is 2. The maximum atomic E-state index is 11.4. The zero-order valence-corrected chi connectivity index (χ0v) is 18.3. The van der Waals surface area contributed by atoms with Crippen molar-refractivity contribution >= 4 is 16.9 Å². The molecule has 2 unspecified atom stereocenters. The molecule has 7 nitrogen and oxygen atoms in total. The molecule has 0 saturated carbocycles. The summed E-state index contributed by atoms with van der Waals surface area (Å²) in [5.41, 5.74) is 4.59. The summed E-state index contributed by atoms with van der Waals surface area (Å²) in [5, 5.41) is 21.6. The molecule has 7 heteroatoms. The molecule has 0 fully saturated rings. The van der Waals surface area contributed by atoms with Crippen LogP contribution in [0.1, 0.15) is 40.8 Å². The van der Waals surface area contributed by atoms with E-state index in [2.05, 4.69) is 33.6 Å². The number of hydrogen-bond acceptors (Lipinski definition) is 5. The number of aliphatic carboxylic acids is 1. The van der Waals surface area contributed by atoms with Crippen LogP contribution in [0, 0.1) is 0 Å². The molecular formula is C27H23N3O4. The van der Waals surface area contributed by atoms with Gasteiger partial charge in [-0.15, -0.1) is 0 Å². The van der Waals surface area contributed by atoms with Crippen LogP contribution in [0.5, 0.6) is 5.75 Å². The third kappa shape index (κ3) is 4.68. The molecule has 34 heavy (non-hydrogen) atoms. The van der Waals surface area contributed by atoms with Gasteiger partial charge in [0.2, 0.25) is 0 Å². The first-order chi connectivity index (χ1) is 16.7. The maximum absolute atomic E-state index is 11.4. The molecule has 5 rings (SSSR count). The summed E-state index contributed by atoms with van der Waals surface area (Å²) in [5.74, 6) is -0.603. The average molecular weight is 453 g/mol. The number of nitrogens with zero attached hydrogens (tertiary/aromatic N) is 2. The van der Waals surface area contributed by atoms with E-state index in [1.54, 1.807) is 6.07 Å². The number of carbonyl (C=O) groups is 1. The number of nitrogens with one attached hydrogen (secondary N) is 1. The lowest BCUT2D eigenvalue weighted by Gasteiger charge is -2.21. The smallest absolute Gasteiger partial charge is 0.304 e. The summed E-state index contributed by atoms with van der Waals surface area (Å²) in [7, 11) is 0. The van der Waals surface area contributed by atoms with Crippen LogP contribution in [0.3, 0.4) is 0 Å². The number of carboxylic acids is 1. The second-order valence-corrected chi connectivity index (χ2v) is 8.12. The predicted octanol–water partition coefficient (Wildman–Crippen LogP) is 5.52. The summed E-state index contributed by atoms with van der Waals surface area (Å²) in [6.45, 7) is 0.